The molecule has 0 spiro atoms. The predicted molar refractivity (Wildman–Crippen MR) is 101 cm³/mol. The van der Waals surface area contributed by atoms with Gasteiger partial charge in [0.15, 0.2) is 5.13 Å². The highest BCUT2D eigenvalue weighted by Crippen LogP contribution is 2.25. The maximum Gasteiger partial charge on any atom is 0.321 e. The Balaban J connectivity index is 1.36. The summed E-state index contributed by atoms with van der Waals surface area (Å²) in [5.74, 6) is 0.989. The summed E-state index contributed by atoms with van der Waals surface area (Å²) in [5.41, 5.74) is 1.93. The number of hydrogen-bond acceptors (Lipinski definition) is 5. The Morgan fingerprint density at radius 1 is 1.20 bits per heavy atom. The Morgan fingerprint density at radius 2 is 2.04 bits per heavy atom. The molecule has 2 aromatic heterocycles. The monoisotopic (exact) mass is 353 g/mol. The van der Waals surface area contributed by atoms with E-state index in [1.807, 2.05) is 36.4 Å². The molecule has 0 bridgehead atoms. The predicted octanol–water partition coefficient (Wildman–Crippen LogP) is 3.61. The Bertz CT molecular complexity index is 855. The molecule has 25 heavy (non-hydrogen) atoms. The molecule has 4 rings (SSSR count). The van der Waals surface area contributed by atoms with Gasteiger partial charge in [0.1, 0.15) is 5.82 Å². The van der Waals surface area contributed by atoms with Crippen LogP contribution >= 0.6 is 11.3 Å². The van der Waals surface area contributed by atoms with Gasteiger partial charge in [0.2, 0.25) is 0 Å². The molecule has 1 fully saturated rings. The van der Waals surface area contributed by atoms with Crippen LogP contribution in [0.3, 0.4) is 0 Å². The maximum atomic E-state index is 12.1. The zero-order valence-electron chi connectivity index (χ0n) is 13.7. The lowest BCUT2D eigenvalue weighted by Gasteiger charge is -2.17. The van der Waals surface area contributed by atoms with Crippen molar-refractivity contribution in [2.75, 3.05) is 23.3 Å². The molecule has 3 aromatic rings. The molecular weight excluding hydrogens is 334 g/mol. The number of carbonyl (C=O) groups is 1. The molecule has 1 aliphatic rings. The van der Waals surface area contributed by atoms with Gasteiger partial charge in [0, 0.05) is 25.8 Å². The summed E-state index contributed by atoms with van der Waals surface area (Å²) in [7, 11) is 0. The van der Waals surface area contributed by atoms with Crippen LogP contribution in [0.1, 0.15) is 18.4 Å². The molecule has 128 valence electrons. The van der Waals surface area contributed by atoms with Gasteiger partial charge in [-0.25, -0.2) is 14.8 Å². The second kappa shape index (κ2) is 7.06. The SMILES string of the molecule is O=C(NCc1ccnc(N2CCCC2)c1)Nc1nc2ccccc2s1. The molecule has 3 heterocycles. The Hall–Kier alpha value is -2.67. The van der Waals surface area contributed by atoms with E-state index in [2.05, 4.69) is 25.5 Å². The number of benzene rings is 1. The number of nitrogens with zero attached hydrogens (tertiary/aromatic N) is 3. The van der Waals surface area contributed by atoms with Gasteiger partial charge in [-0.15, -0.1) is 0 Å². The van der Waals surface area contributed by atoms with E-state index in [1.54, 1.807) is 6.20 Å². The number of fused-ring (bicyclic) bond motifs is 1. The lowest BCUT2D eigenvalue weighted by Crippen LogP contribution is -2.28. The standard InChI is InChI=1S/C18H19N5OS/c24-17(22-18-21-14-5-1-2-6-15(14)25-18)20-12-13-7-8-19-16(11-13)23-9-3-4-10-23/h1-2,5-8,11H,3-4,9-10,12H2,(H2,20,21,22,24). The zero-order valence-corrected chi connectivity index (χ0v) is 14.6. The van der Waals surface area contributed by atoms with Crippen LogP contribution in [0.4, 0.5) is 15.7 Å². The van der Waals surface area contributed by atoms with Gasteiger partial charge in [-0.3, -0.25) is 5.32 Å². The van der Waals surface area contributed by atoms with E-state index < -0.39 is 0 Å². The average Bonchev–Trinajstić information content (AvgIpc) is 3.29. The molecule has 2 amide bonds. The first-order chi connectivity index (χ1) is 12.3. The number of para-hydroxylation sites is 1. The van der Waals surface area contributed by atoms with E-state index in [9.17, 15) is 4.79 Å². The fourth-order valence-corrected chi connectivity index (χ4v) is 3.80. The normalized spacial score (nSPS) is 14.0. The number of pyridine rings is 1. The summed E-state index contributed by atoms with van der Waals surface area (Å²) in [6.45, 7) is 2.57. The van der Waals surface area contributed by atoms with E-state index in [4.69, 9.17) is 0 Å². The van der Waals surface area contributed by atoms with Crippen molar-refractivity contribution in [3.05, 3.63) is 48.2 Å². The number of urea groups is 1. The number of thiazole rings is 1. The fourth-order valence-electron chi connectivity index (χ4n) is 2.94. The van der Waals surface area contributed by atoms with Crippen LogP contribution in [-0.2, 0) is 6.54 Å². The average molecular weight is 353 g/mol. The van der Waals surface area contributed by atoms with Crippen molar-refractivity contribution in [1.29, 1.82) is 0 Å². The van der Waals surface area contributed by atoms with Gasteiger partial charge in [-0.2, -0.15) is 0 Å². The second-order valence-electron chi connectivity index (χ2n) is 6.01. The van der Waals surface area contributed by atoms with E-state index in [-0.39, 0.29) is 6.03 Å². The van der Waals surface area contributed by atoms with Crippen LogP contribution in [0, 0.1) is 0 Å². The molecule has 2 N–H and O–H groups in total. The summed E-state index contributed by atoms with van der Waals surface area (Å²) in [4.78, 5) is 23.2. The Labute approximate surface area is 149 Å². The van der Waals surface area contributed by atoms with Gasteiger partial charge in [-0.1, -0.05) is 23.5 Å². The summed E-state index contributed by atoms with van der Waals surface area (Å²) < 4.78 is 1.06. The number of aromatic nitrogens is 2. The first-order valence-electron chi connectivity index (χ1n) is 8.38. The first-order valence-corrected chi connectivity index (χ1v) is 9.20. The van der Waals surface area contributed by atoms with Crippen LogP contribution in [0.25, 0.3) is 10.2 Å². The van der Waals surface area contributed by atoms with Crippen LogP contribution in [0.5, 0.6) is 0 Å². The maximum absolute atomic E-state index is 12.1. The van der Waals surface area contributed by atoms with Crippen LogP contribution in [0.15, 0.2) is 42.6 Å². The Kier molecular flexibility index (Phi) is 4.47. The highest BCUT2D eigenvalue weighted by Gasteiger charge is 2.14. The summed E-state index contributed by atoms with van der Waals surface area (Å²) in [5, 5.41) is 6.29. The third-order valence-electron chi connectivity index (χ3n) is 4.21. The number of amides is 2. The minimum Gasteiger partial charge on any atom is -0.357 e. The van der Waals surface area contributed by atoms with E-state index in [1.165, 1.54) is 24.2 Å². The molecule has 0 aliphatic carbocycles. The van der Waals surface area contributed by atoms with E-state index >= 15 is 0 Å². The van der Waals surface area contributed by atoms with Gasteiger partial charge in [-0.05, 0) is 42.7 Å². The first kappa shape index (κ1) is 15.8. The van der Waals surface area contributed by atoms with Crippen molar-refractivity contribution < 1.29 is 4.79 Å². The third-order valence-corrected chi connectivity index (χ3v) is 5.16. The van der Waals surface area contributed by atoms with Crippen LogP contribution in [0.2, 0.25) is 0 Å². The second-order valence-corrected chi connectivity index (χ2v) is 7.04. The van der Waals surface area contributed by atoms with Crippen molar-refractivity contribution in [2.45, 2.75) is 19.4 Å². The highest BCUT2D eigenvalue weighted by molar-refractivity contribution is 7.22. The molecular formula is C18H19N5OS. The number of carbonyl (C=O) groups excluding carboxylic acids is 1. The van der Waals surface area contributed by atoms with E-state index in [0.717, 1.165) is 34.7 Å². The lowest BCUT2D eigenvalue weighted by molar-refractivity contribution is 0.251. The molecule has 1 saturated heterocycles. The lowest BCUT2D eigenvalue weighted by atomic mass is 10.2. The van der Waals surface area contributed by atoms with Gasteiger partial charge in [0.25, 0.3) is 0 Å². The molecule has 7 heteroatoms. The van der Waals surface area contributed by atoms with Crippen molar-refractivity contribution in [3.63, 3.8) is 0 Å². The van der Waals surface area contributed by atoms with Crippen molar-refractivity contribution in [3.8, 4) is 0 Å². The fraction of sp³-hybridized carbons (Fsp3) is 0.278. The Morgan fingerprint density at radius 3 is 2.88 bits per heavy atom. The molecule has 1 aromatic carbocycles. The highest BCUT2D eigenvalue weighted by atomic mass is 32.1. The van der Waals surface area contributed by atoms with E-state index in [0.29, 0.717) is 11.7 Å². The molecule has 0 atom stereocenters. The number of anilines is 2. The van der Waals surface area contributed by atoms with Crippen LogP contribution in [-0.4, -0.2) is 29.1 Å². The molecule has 1 aliphatic heterocycles. The summed E-state index contributed by atoms with van der Waals surface area (Å²) in [6.07, 6.45) is 4.24. The molecule has 0 radical (unpaired) electrons. The summed E-state index contributed by atoms with van der Waals surface area (Å²) >= 11 is 1.47. The smallest absolute Gasteiger partial charge is 0.321 e. The minimum absolute atomic E-state index is 0.251. The number of hydrogen-bond donors (Lipinski definition) is 2. The van der Waals surface area contributed by atoms with Crippen molar-refractivity contribution in [2.24, 2.45) is 0 Å². The molecule has 0 unspecified atom stereocenters. The quantitative estimate of drug-likeness (QED) is 0.752. The van der Waals surface area contributed by atoms with Gasteiger partial charge < -0.3 is 10.2 Å². The largest absolute Gasteiger partial charge is 0.357 e. The van der Waals surface area contributed by atoms with Gasteiger partial charge >= 0.3 is 6.03 Å². The topological polar surface area (TPSA) is 70.2 Å². The number of rotatable bonds is 4. The number of nitrogens with one attached hydrogen (secondary N) is 2. The molecule has 0 saturated carbocycles. The van der Waals surface area contributed by atoms with Crippen molar-refractivity contribution in [1.82, 2.24) is 15.3 Å². The summed E-state index contributed by atoms with van der Waals surface area (Å²) in [6, 6.07) is 11.6. The third kappa shape index (κ3) is 3.71. The minimum atomic E-state index is -0.251. The zero-order chi connectivity index (χ0) is 17.1. The van der Waals surface area contributed by atoms with Gasteiger partial charge in [0.05, 0.1) is 10.2 Å². The molecule has 6 nitrogen and oxygen atoms in total. The van der Waals surface area contributed by atoms with Crippen molar-refractivity contribution >= 4 is 38.5 Å². The van der Waals surface area contributed by atoms with Crippen LogP contribution < -0.4 is 15.5 Å².